The first-order chi connectivity index (χ1) is 14.6. The van der Waals surface area contributed by atoms with Crippen LogP contribution in [0.1, 0.15) is 0 Å². The molecule has 0 heterocycles. The summed E-state index contributed by atoms with van der Waals surface area (Å²) in [5.41, 5.74) is 5.07. The van der Waals surface area contributed by atoms with Crippen molar-refractivity contribution in [3.63, 3.8) is 0 Å². The number of hydrogen-bond donors (Lipinski definition) is 10. The monoisotopic (exact) mass is 450 g/mol. The largest absolute Gasteiger partial charge is 0.480 e. The molecule has 0 fully saturated rings. The molecule has 0 saturated carbocycles. The highest BCUT2D eigenvalue weighted by molar-refractivity contribution is 5.94. The number of carbonyl (C=O) groups is 6. The van der Waals surface area contributed by atoms with E-state index in [2.05, 4.69) is 16.0 Å². The van der Waals surface area contributed by atoms with Crippen LogP contribution in [-0.4, -0.2) is 114 Å². The fourth-order valence-electron chi connectivity index (χ4n) is 1.90. The molecule has 0 rings (SSSR count). The number of rotatable bonds is 14. The number of aliphatic hydroxyl groups excluding tert-OH is 3. The Morgan fingerprint density at radius 3 is 1.32 bits per heavy atom. The summed E-state index contributed by atoms with van der Waals surface area (Å²) in [7, 11) is 0. The van der Waals surface area contributed by atoms with Gasteiger partial charge < -0.3 is 52.7 Å². The Balaban J connectivity index is 4.54. The van der Waals surface area contributed by atoms with Crippen molar-refractivity contribution in [2.75, 3.05) is 39.5 Å². The van der Waals surface area contributed by atoms with Crippen LogP contribution in [0.2, 0.25) is 0 Å². The average molecular weight is 450 g/mol. The Bertz CT molecular complexity index is 673. The van der Waals surface area contributed by atoms with E-state index in [4.69, 9.17) is 21.1 Å². The summed E-state index contributed by atoms with van der Waals surface area (Å²) in [5.74, 6) is -5.96. The minimum absolute atomic E-state index is 0.424. The molecular weight excluding hydrogens is 424 g/mol. The van der Waals surface area contributed by atoms with Gasteiger partial charge in [0.05, 0.1) is 39.5 Å². The van der Waals surface area contributed by atoms with Gasteiger partial charge in [-0.05, 0) is 0 Å². The zero-order chi connectivity index (χ0) is 24.0. The van der Waals surface area contributed by atoms with Crippen molar-refractivity contribution in [3.05, 3.63) is 0 Å². The number of hydrogen-bond acceptors (Lipinski definition) is 10. The molecule has 3 atom stereocenters. The Morgan fingerprint density at radius 1 is 0.645 bits per heavy atom. The summed E-state index contributed by atoms with van der Waals surface area (Å²) in [5, 5.41) is 46.1. The van der Waals surface area contributed by atoms with Gasteiger partial charge in [-0.3, -0.25) is 24.0 Å². The van der Waals surface area contributed by atoms with Crippen LogP contribution in [0.15, 0.2) is 0 Å². The average Bonchev–Trinajstić information content (AvgIpc) is 2.75. The van der Waals surface area contributed by atoms with Crippen molar-refractivity contribution < 1.29 is 49.2 Å². The van der Waals surface area contributed by atoms with Gasteiger partial charge in [-0.25, -0.2) is 4.79 Å². The van der Waals surface area contributed by atoms with E-state index in [9.17, 15) is 33.9 Å². The third-order valence-corrected chi connectivity index (χ3v) is 3.52. The second-order valence-corrected chi connectivity index (χ2v) is 5.89. The van der Waals surface area contributed by atoms with Gasteiger partial charge in [-0.15, -0.1) is 0 Å². The number of nitrogens with two attached hydrogens (primary N) is 1. The van der Waals surface area contributed by atoms with Crippen LogP contribution in [0, 0.1) is 0 Å². The summed E-state index contributed by atoms with van der Waals surface area (Å²) in [6, 6.07) is -4.43. The van der Waals surface area contributed by atoms with Gasteiger partial charge in [-0.1, -0.05) is 0 Å². The highest BCUT2D eigenvalue weighted by Gasteiger charge is 2.24. The molecule has 16 heteroatoms. The SMILES string of the molecule is NCC(=O)N[C@@H](CO)C(=O)NCC(=O)N[C@@H](CO)C(=O)NCC(=O)N[C@@H](CO)C(=O)O. The minimum atomic E-state index is -1.57. The number of aliphatic carboxylic acids is 1. The lowest BCUT2D eigenvalue weighted by atomic mass is 10.2. The van der Waals surface area contributed by atoms with Gasteiger partial charge in [0.25, 0.3) is 0 Å². The molecule has 0 saturated heterocycles. The molecule has 0 radical (unpaired) electrons. The molecule has 31 heavy (non-hydrogen) atoms. The second-order valence-electron chi connectivity index (χ2n) is 5.89. The normalized spacial score (nSPS) is 13.2. The van der Waals surface area contributed by atoms with Crippen LogP contribution in [-0.2, 0) is 28.8 Å². The van der Waals surface area contributed by atoms with E-state index in [-0.39, 0.29) is 0 Å². The quantitative estimate of drug-likeness (QED) is 0.119. The molecule has 5 amide bonds. The van der Waals surface area contributed by atoms with Gasteiger partial charge in [-0.2, -0.15) is 0 Å². The lowest BCUT2D eigenvalue weighted by Gasteiger charge is -2.18. The Morgan fingerprint density at radius 2 is 1.00 bits per heavy atom. The molecule has 0 aromatic heterocycles. The van der Waals surface area contributed by atoms with Crippen LogP contribution in [0.4, 0.5) is 0 Å². The van der Waals surface area contributed by atoms with E-state index < -0.39 is 93.1 Å². The van der Waals surface area contributed by atoms with Crippen molar-refractivity contribution >= 4 is 35.5 Å². The maximum absolute atomic E-state index is 11.9. The first-order valence-electron chi connectivity index (χ1n) is 8.78. The lowest BCUT2D eigenvalue weighted by molar-refractivity contribution is -0.142. The van der Waals surface area contributed by atoms with E-state index in [0.717, 1.165) is 0 Å². The molecule has 0 aromatic carbocycles. The zero-order valence-electron chi connectivity index (χ0n) is 16.3. The highest BCUT2D eigenvalue weighted by Crippen LogP contribution is 1.87. The molecule has 16 nitrogen and oxygen atoms in total. The molecule has 0 aliphatic rings. The number of amides is 5. The molecule has 0 aromatic rings. The molecule has 0 unspecified atom stereocenters. The van der Waals surface area contributed by atoms with E-state index in [1.807, 2.05) is 10.6 Å². The first-order valence-corrected chi connectivity index (χ1v) is 8.78. The van der Waals surface area contributed by atoms with Crippen molar-refractivity contribution in [3.8, 4) is 0 Å². The van der Waals surface area contributed by atoms with Crippen molar-refractivity contribution in [2.45, 2.75) is 18.1 Å². The zero-order valence-corrected chi connectivity index (χ0v) is 16.3. The number of aliphatic hydroxyl groups is 3. The summed E-state index contributed by atoms with van der Waals surface area (Å²) in [6.07, 6.45) is 0. The van der Waals surface area contributed by atoms with E-state index in [1.165, 1.54) is 0 Å². The van der Waals surface area contributed by atoms with Crippen molar-refractivity contribution in [2.24, 2.45) is 5.73 Å². The smallest absolute Gasteiger partial charge is 0.328 e. The third-order valence-electron chi connectivity index (χ3n) is 3.52. The fraction of sp³-hybridized carbons (Fsp3) is 0.600. The maximum atomic E-state index is 11.9. The third kappa shape index (κ3) is 10.8. The predicted molar refractivity (Wildman–Crippen MR) is 99.8 cm³/mol. The number of carboxylic acid groups (broad SMARTS) is 1. The Labute approximate surface area is 175 Å². The molecule has 0 aliphatic heterocycles. The fourth-order valence-corrected chi connectivity index (χ4v) is 1.90. The first kappa shape index (κ1) is 27.7. The van der Waals surface area contributed by atoms with Gasteiger partial charge in [0.15, 0.2) is 0 Å². The molecule has 0 aliphatic carbocycles. The molecule has 11 N–H and O–H groups in total. The topological polar surface area (TPSA) is 270 Å². The second kappa shape index (κ2) is 14.6. The number of carbonyl (C=O) groups excluding carboxylic acids is 5. The summed E-state index contributed by atoms with van der Waals surface area (Å²) < 4.78 is 0. The summed E-state index contributed by atoms with van der Waals surface area (Å²) >= 11 is 0. The standard InChI is InChI=1S/C15H26N6O10/c16-1-10(25)19-7(4-22)13(28)17-2-11(26)20-8(5-23)14(29)18-3-12(27)21-9(6-24)15(30)31/h7-9,22-24H,1-6,16H2,(H,17,28)(H,18,29)(H,19,25)(H,20,26)(H,21,27)(H,30,31)/t7-,8-,9-/m0/s1. The molecule has 176 valence electrons. The number of carboxylic acids is 1. The molecule has 0 bridgehead atoms. The van der Waals surface area contributed by atoms with Gasteiger partial charge in [0, 0.05) is 0 Å². The van der Waals surface area contributed by atoms with Crippen LogP contribution >= 0.6 is 0 Å². The highest BCUT2D eigenvalue weighted by atomic mass is 16.4. The van der Waals surface area contributed by atoms with E-state index in [0.29, 0.717) is 0 Å². The van der Waals surface area contributed by atoms with Gasteiger partial charge in [0.1, 0.15) is 18.1 Å². The minimum Gasteiger partial charge on any atom is -0.480 e. The van der Waals surface area contributed by atoms with Crippen molar-refractivity contribution in [1.82, 2.24) is 26.6 Å². The van der Waals surface area contributed by atoms with Gasteiger partial charge in [0.2, 0.25) is 29.5 Å². The van der Waals surface area contributed by atoms with Crippen LogP contribution in [0.25, 0.3) is 0 Å². The van der Waals surface area contributed by atoms with Crippen molar-refractivity contribution in [1.29, 1.82) is 0 Å². The van der Waals surface area contributed by atoms with E-state index >= 15 is 0 Å². The number of nitrogens with one attached hydrogen (secondary N) is 5. The summed E-state index contributed by atoms with van der Waals surface area (Å²) in [6.45, 7) is -4.30. The van der Waals surface area contributed by atoms with Crippen LogP contribution in [0.3, 0.4) is 0 Å². The van der Waals surface area contributed by atoms with Gasteiger partial charge >= 0.3 is 5.97 Å². The summed E-state index contributed by atoms with van der Waals surface area (Å²) in [4.78, 5) is 69.0. The lowest BCUT2D eigenvalue weighted by Crippen LogP contribution is -2.55. The Hall–Kier alpha value is -3.34. The van der Waals surface area contributed by atoms with Crippen LogP contribution < -0.4 is 32.3 Å². The molecule has 0 spiro atoms. The maximum Gasteiger partial charge on any atom is 0.328 e. The predicted octanol–water partition coefficient (Wildman–Crippen LogP) is -7.31. The van der Waals surface area contributed by atoms with E-state index in [1.54, 1.807) is 0 Å². The Kier molecular flexibility index (Phi) is 13.0. The molecular formula is C15H26N6O10. The van der Waals surface area contributed by atoms with Crippen LogP contribution in [0.5, 0.6) is 0 Å².